The Bertz CT molecular complexity index is 1060. The van der Waals surface area contributed by atoms with E-state index in [2.05, 4.69) is 0 Å². The average molecular weight is 429 g/mol. The van der Waals surface area contributed by atoms with Crippen molar-refractivity contribution in [1.29, 1.82) is 0 Å². The molecule has 1 aromatic rings. The number of benzene rings is 1. The van der Waals surface area contributed by atoms with Gasteiger partial charge in [0.2, 0.25) is 0 Å². The maximum Gasteiger partial charge on any atom is 0.354 e. The van der Waals surface area contributed by atoms with Crippen molar-refractivity contribution in [3.8, 4) is 0 Å². The number of hydrogen-bond donors (Lipinski definition) is 0. The molecule has 0 aromatic heterocycles. The van der Waals surface area contributed by atoms with E-state index < -0.39 is 34.8 Å². The molecular formula is C22H23NO8. The highest BCUT2D eigenvalue weighted by atomic mass is 16.5. The smallest absolute Gasteiger partial charge is 0.354 e. The molecule has 164 valence electrons. The summed E-state index contributed by atoms with van der Waals surface area (Å²) in [5.74, 6) is -3.04. The summed E-state index contributed by atoms with van der Waals surface area (Å²) in [4.78, 5) is 51.9. The van der Waals surface area contributed by atoms with Crippen molar-refractivity contribution in [2.24, 2.45) is 0 Å². The molecule has 0 amide bonds. The van der Waals surface area contributed by atoms with Gasteiger partial charge in [-0.1, -0.05) is 18.2 Å². The number of nitrogens with zero attached hydrogens (tertiary/aromatic N) is 1. The number of carbonyl (C=O) groups is 4. The number of para-hydroxylation sites is 1. The fourth-order valence-electron chi connectivity index (χ4n) is 4.66. The summed E-state index contributed by atoms with van der Waals surface area (Å²) in [5, 5.41) is 0. The number of anilines is 1. The van der Waals surface area contributed by atoms with Gasteiger partial charge in [0.05, 0.1) is 56.6 Å². The first kappa shape index (κ1) is 22.1. The van der Waals surface area contributed by atoms with E-state index in [1.165, 1.54) is 33.3 Å². The maximum atomic E-state index is 12.8. The van der Waals surface area contributed by atoms with Crippen molar-refractivity contribution >= 4 is 29.6 Å². The Morgan fingerprint density at radius 2 is 1.42 bits per heavy atom. The normalized spacial score (nSPS) is 23.9. The van der Waals surface area contributed by atoms with Crippen LogP contribution >= 0.6 is 0 Å². The summed E-state index contributed by atoms with van der Waals surface area (Å²) >= 11 is 0. The van der Waals surface area contributed by atoms with Crippen LogP contribution in [0.15, 0.2) is 47.2 Å². The fraction of sp³-hybridized carbons (Fsp3) is 0.364. The minimum atomic E-state index is -1.26. The number of fused-ring (bicyclic) bond motifs is 3. The molecule has 0 saturated carbocycles. The molecule has 0 saturated heterocycles. The highest BCUT2D eigenvalue weighted by Crippen LogP contribution is 2.67. The molecule has 31 heavy (non-hydrogen) atoms. The second-order valence-electron chi connectivity index (χ2n) is 7.33. The van der Waals surface area contributed by atoms with E-state index in [0.717, 1.165) is 6.08 Å². The van der Waals surface area contributed by atoms with Crippen molar-refractivity contribution in [2.75, 3.05) is 33.3 Å². The Morgan fingerprint density at radius 3 is 1.97 bits per heavy atom. The van der Waals surface area contributed by atoms with Gasteiger partial charge in [0.25, 0.3) is 0 Å². The van der Waals surface area contributed by atoms with Crippen LogP contribution in [0.1, 0.15) is 19.4 Å². The van der Waals surface area contributed by atoms with Gasteiger partial charge in [-0.05, 0) is 25.5 Å². The van der Waals surface area contributed by atoms with Crippen molar-refractivity contribution in [3.63, 3.8) is 0 Å². The molecule has 9 nitrogen and oxygen atoms in total. The Hall–Kier alpha value is -3.62. The maximum absolute atomic E-state index is 12.8. The molecule has 0 unspecified atom stereocenters. The third-order valence-corrected chi connectivity index (χ3v) is 6.21. The van der Waals surface area contributed by atoms with E-state index in [1.54, 1.807) is 38.1 Å². The van der Waals surface area contributed by atoms with Crippen LogP contribution in [0.5, 0.6) is 0 Å². The van der Waals surface area contributed by atoms with E-state index >= 15 is 0 Å². The fourth-order valence-corrected chi connectivity index (χ4v) is 4.66. The zero-order valence-electron chi connectivity index (χ0n) is 18.1. The first-order valence-corrected chi connectivity index (χ1v) is 9.34. The lowest BCUT2D eigenvalue weighted by molar-refractivity contribution is -0.143. The van der Waals surface area contributed by atoms with Crippen molar-refractivity contribution in [1.82, 2.24) is 0 Å². The molecule has 1 aliphatic heterocycles. The summed E-state index contributed by atoms with van der Waals surface area (Å²) in [6.07, 6.45) is 0.991. The highest BCUT2D eigenvalue weighted by Gasteiger charge is 2.73. The van der Waals surface area contributed by atoms with Crippen LogP contribution < -0.4 is 4.90 Å². The molecule has 1 aromatic carbocycles. The first-order chi connectivity index (χ1) is 14.6. The average Bonchev–Trinajstić information content (AvgIpc) is 2.94. The van der Waals surface area contributed by atoms with Crippen LogP contribution in [0.2, 0.25) is 0 Å². The second-order valence-corrected chi connectivity index (χ2v) is 7.33. The molecule has 1 aliphatic carbocycles. The molecule has 0 bridgehead atoms. The Labute approximate surface area is 179 Å². The van der Waals surface area contributed by atoms with Crippen molar-refractivity contribution < 1.29 is 38.1 Å². The monoisotopic (exact) mass is 429 g/mol. The molecule has 0 radical (unpaired) electrons. The molecule has 0 fully saturated rings. The van der Waals surface area contributed by atoms with Gasteiger partial charge >= 0.3 is 23.9 Å². The van der Waals surface area contributed by atoms with Crippen LogP contribution in [-0.2, 0) is 43.5 Å². The number of rotatable bonds is 5. The van der Waals surface area contributed by atoms with Crippen LogP contribution in [0.3, 0.4) is 0 Å². The van der Waals surface area contributed by atoms with Crippen LogP contribution in [-0.4, -0.2) is 57.9 Å². The van der Waals surface area contributed by atoms with Gasteiger partial charge in [-0.15, -0.1) is 0 Å². The van der Waals surface area contributed by atoms with Crippen molar-refractivity contribution in [2.45, 2.75) is 24.8 Å². The first-order valence-electron chi connectivity index (χ1n) is 9.34. The van der Waals surface area contributed by atoms with Gasteiger partial charge in [-0.2, -0.15) is 0 Å². The van der Waals surface area contributed by atoms with Crippen LogP contribution in [0.4, 0.5) is 5.69 Å². The summed E-state index contributed by atoms with van der Waals surface area (Å²) in [6.45, 7) is 3.47. The second kappa shape index (κ2) is 7.57. The third-order valence-electron chi connectivity index (χ3n) is 6.21. The molecule has 2 aliphatic rings. The van der Waals surface area contributed by atoms with Gasteiger partial charge < -0.3 is 23.8 Å². The number of esters is 4. The molecule has 0 N–H and O–H groups in total. The zero-order valence-corrected chi connectivity index (χ0v) is 18.1. The summed E-state index contributed by atoms with van der Waals surface area (Å²) in [5.41, 5.74) is -1.12. The Kier molecular flexibility index (Phi) is 5.39. The molecule has 1 heterocycles. The van der Waals surface area contributed by atoms with Gasteiger partial charge in [0.15, 0.2) is 0 Å². The summed E-state index contributed by atoms with van der Waals surface area (Å²) in [6, 6.07) is 7.03. The lowest BCUT2D eigenvalue weighted by Crippen LogP contribution is -2.67. The van der Waals surface area contributed by atoms with Gasteiger partial charge in [0, 0.05) is 5.69 Å². The molecular weight excluding hydrogens is 406 g/mol. The van der Waals surface area contributed by atoms with E-state index in [0.29, 0.717) is 11.3 Å². The van der Waals surface area contributed by atoms with Crippen molar-refractivity contribution in [3.05, 3.63) is 52.7 Å². The highest BCUT2D eigenvalue weighted by molar-refractivity contribution is 6.13. The number of carbonyl (C=O) groups excluding carboxylic acids is 4. The van der Waals surface area contributed by atoms with Gasteiger partial charge in [-0.3, -0.25) is 0 Å². The molecule has 0 spiro atoms. The molecule has 9 heteroatoms. The van der Waals surface area contributed by atoms with E-state index in [-0.39, 0.29) is 16.8 Å². The SMILES string of the molecule is COC(=O)/C=C(/C(=O)OC)N1c2ccccc2[C@]2(C)C(C(=O)OC)=C(C(=O)OC)[C@]12C. The quantitative estimate of drug-likeness (QED) is 0.390. The number of ether oxygens (including phenoxy) is 4. The number of methoxy groups -OCH3 is 4. The minimum absolute atomic E-state index is 0.0280. The van der Waals surface area contributed by atoms with E-state index in [4.69, 9.17) is 18.9 Å². The van der Waals surface area contributed by atoms with E-state index in [1.807, 2.05) is 0 Å². The largest absolute Gasteiger partial charge is 0.466 e. The summed E-state index contributed by atoms with van der Waals surface area (Å²) in [7, 11) is 4.77. The zero-order chi connectivity index (χ0) is 23.1. The van der Waals surface area contributed by atoms with Gasteiger partial charge in [-0.25, -0.2) is 19.2 Å². The van der Waals surface area contributed by atoms with Crippen LogP contribution in [0, 0.1) is 0 Å². The number of hydrogen-bond acceptors (Lipinski definition) is 9. The van der Waals surface area contributed by atoms with Gasteiger partial charge in [0.1, 0.15) is 5.70 Å². The standard InChI is InChI=1S/C22H23NO8/c1-21-12-9-7-8-10-13(12)23(14(18(25)29-4)11-15(24)28-3)22(21,2)17(20(27)31-6)16(21)19(26)30-5/h7-11H,1-6H3/b14-11-/t21-,22+/m1/s1. The van der Waals surface area contributed by atoms with Crippen LogP contribution in [0.25, 0.3) is 0 Å². The third kappa shape index (κ3) is 2.69. The minimum Gasteiger partial charge on any atom is -0.466 e. The predicted molar refractivity (Wildman–Crippen MR) is 108 cm³/mol. The lowest BCUT2D eigenvalue weighted by Gasteiger charge is -2.55. The summed E-state index contributed by atoms with van der Waals surface area (Å²) < 4.78 is 19.5. The lowest BCUT2D eigenvalue weighted by atomic mass is 9.51. The molecule has 2 atom stereocenters. The Balaban J connectivity index is 2.41. The Morgan fingerprint density at radius 1 is 0.839 bits per heavy atom. The topological polar surface area (TPSA) is 108 Å². The predicted octanol–water partition coefficient (Wildman–Crippen LogP) is 1.41. The molecule has 3 rings (SSSR count). The van der Waals surface area contributed by atoms with E-state index in [9.17, 15) is 19.2 Å².